The van der Waals surface area contributed by atoms with Gasteiger partial charge in [0.15, 0.2) is 0 Å². The highest BCUT2D eigenvalue weighted by Crippen LogP contribution is 2.39. The molecule has 0 saturated heterocycles. The lowest BCUT2D eigenvalue weighted by molar-refractivity contribution is -0.131. The third-order valence-electron chi connectivity index (χ3n) is 3.83. The standard InChI is InChI=1S/C16H21NO2/c1-11-9-14(11)10-17(3)15-6-4-13(8-12(15)2)5-7-16(18)19/h4-8,11,14H,9-10H2,1-3H3,(H,18,19). The summed E-state index contributed by atoms with van der Waals surface area (Å²) in [4.78, 5) is 12.8. The Balaban J connectivity index is 2.07. The summed E-state index contributed by atoms with van der Waals surface area (Å²) in [6.45, 7) is 5.47. The molecule has 102 valence electrons. The molecule has 3 heteroatoms. The molecule has 2 unspecified atom stereocenters. The fourth-order valence-corrected chi connectivity index (χ4v) is 2.48. The summed E-state index contributed by atoms with van der Waals surface area (Å²) >= 11 is 0. The van der Waals surface area contributed by atoms with E-state index in [-0.39, 0.29) is 0 Å². The minimum atomic E-state index is -0.915. The number of rotatable bonds is 5. The van der Waals surface area contributed by atoms with Crippen molar-refractivity contribution in [2.75, 3.05) is 18.5 Å². The lowest BCUT2D eigenvalue weighted by Gasteiger charge is -2.21. The van der Waals surface area contributed by atoms with Gasteiger partial charge in [0, 0.05) is 25.4 Å². The van der Waals surface area contributed by atoms with Gasteiger partial charge in [0.1, 0.15) is 0 Å². The number of hydrogen-bond acceptors (Lipinski definition) is 2. The van der Waals surface area contributed by atoms with Crippen LogP contribution in [0.3, 0.4) is 0 Å². The molecule has 0 bridgehead atoms. The molecule has 0 heterocycles. The van der Waals surface area contributed by atoms with Crippen molar-refractivity contribution in [1.82, 2.24) is 0 Å². The minimum Gasteiger partial charge on any atom is -0.478 e. The van der Waals surface area contributed by atoms with E-state index in [1.807, 2.05) is 12.1 Å². The van der Waals surface area contributed by atoms with Gasteiger partial charge in [-0.15, -0.1) is 0 Å². The van der Waals surface area contributed by atoms with E-state index in [4.69, 9.17) is 5.11 Å². The Hall–Kier alpha value is -1.77. The summed E-state index contributed by atoms with van der Waals surface area (Å²) in [6, 6.07) is 6.07. The van der Waals surface area contributed by atoms with Crippen LogP contribution in [0.5, 0.6) is 0 Å². The maximum Gasteiger partial charge on any atom is 0.328 e. The highest BCUT2D eigenvalue weighted by Gasteiger charge is 2.33. The Morgan fingerprint density at radius 2 is 2.21 bits per heavy atom. The number of carboxylic acid groups (broad SMARTS) is 1. The monoisotopic (exact) mass is 259 g/mol. The number of carboxylic acids is 1. The van der Waals surface area contributed by atoms with Gasteiger partial charge >= 0.3 is 5.97 Å². The van der Waals surface area contributed by atoms with E-state index < -0.39 is 5.97 Å². The van der Waals surface area contributed by atoms with Crippen molar-refractivity contribution in [1.29, 1.82) is 0 Å². The first-order chi connectivity index (χ1) is 8.97. The molecule has 1 aliphatic rings. The van der Waals surface area contributed by atoms with Crippen molar-refractivity contribution in [3.8, 4) is 0 Å². The van der Waals surface area contributed by atoms with Crippen molar-refractivity contribution >= 4 is 17.7 Å². The minimum absolute atomic E-state index is 0.830. The molecule has 2 rings (SSSR count). The molecule has 1 aliphatic carbocycles. The van der Waals surface area contributed by atoms with E-state index in [0.29, 0.717) is 0 Å². The number of nitrogens with zero attached hydrogens (tertiary/aromatic N) is 1. The molecule has 1 aromatic carbocycles. The zero-order valence-electron chi connectivity index (χ0n) is 11.8. The Morgan fingerprint density at radius 1 is 1.53 bits per heavy atom. The van der Waals surface area contributed by atoms with Crippen LogP contribution >= 0.6 is 0 Å². The molecular weight excluding hydrogens is 238 g/mol. The Bertz CT molecular complexity index is 507. The first-order valence-corrected chi connectivity index (χ1v) is 6.70. The smallest absolute Gasteiger partial charge is 0.328 e. The summed E-state index contributed by atoms with van der Waals surface area (Å²) in [5.74, 6) is 0.776. The molecule has 1 fully saturated rings. The van der Waals surface area contributed by atoms with Crippen LogP contribution < -0.4 is 4.90 Å². The Morgan fingerprint density at radius 3 is 2.74 bits per heavy atom. The lowest BCUT2D eigenvalue weighted by Crippen LogP contribution is -2.21. The first-order valence-electron chi connectivity index (χ1n) is 6.70. The first kappa shape index (κ1) is 13.7. The quantitative estimate of drug-likeness (QED) is 0.826. The van der Waals surface area contributed by atoms with Gasteiger partial charge in [0.05, 0.1) is 0 Å². The average Bonchev–Trinajstić information content (AvgIpc) is 3.02. The second kappa shape index (κ2) is 5.47. The van der Waals surface area contributed by atoms with E-state index in [0.717, 1.165) is 23.9 Å². The maximum absolute atomic E-state index is 10.5. The van der Waals surface area contributed by atoms with Crippen molar-refractivity contribution < 1.29 is 9.90 Å². The highest BCUT2D eigenvalue weighted by molar-refractivity contribution is 5.85. The topological polar surface area (TPSA) is 40.5 Å². The van der Waals surface area contributed by atoms with Crippen LogP contribution in [0.2, 0.25) is 0 Å². The number of aliphatic carboxylic acids is 1. The number of benzene rings is 1. The van der Waals surface area contributed by atoms with Crippen LogP contribution in [0.15, 0.2) is 24.3 Å². The Kier molecular flexibility index (Phi) is 3.93. The summed E-state index contributed by atoms with van der Waals surface area (Å²) in [5, 5.41) is 8.62. The van der Waals surface area contributed by atoms with Crippen LogP contribution in [0.1, 0.15) is 24.5 Å². The van der Waals surface area contributed by atoms with Gasteiger partial charge in [-0.25, -0.2) is 4.79 Å². The molecule has 1 aromatic rings. The Labute approximate surface area is 114 Å². The van der Waals surface area contributed by atoms with Gasteiger partial charge in [0.25, 0.3) is 0 Å². The van der Waals surface area contributed by atoms with Crippen molar-refractivity contribution in [3.05, 3.63) is 35.4 Å². The molecule has 0 spiro atoms. The van der Waals surface area contributed by atoms with Crippen LogP contribution in [0.25, 0.3) is 6.08 Å². The molecule has 2 atom stereocenters. The van der Waals surface area contributed by atoms with E-state index in [1.165, 1.54) is 23.7 Å². The van der Waals surface area contributed by atoms with Crippen LogP contribution in [0, 0.1) is 18.8 Å². The summed E-state index contributed by atoms with van der Waals surface area (Å²) in [6.07, 6.45) is 4.13. The summed E-state index contributed by atoms with van der Waals surface area (Å²) < 4.78 is 0. The second-order valence-electron chi connectivity index (χ2n) is 5.57. The van der Waals surface area contributed by atoms with E-state index in [9.17, 15) is 4.79 Å². The molecule has 0 aliphatic heterocycles. The van der Waals surface area contributed by atoms with E-state index >= 15 is 0 Å². The third-order valence-corrected chi connectivity index (χ3v) is 3.83. The van der Waals surface area contributed by atoms with E-state index in [1.54, 1.807) is 6.08 Å². The van der Waals surface area contributed by atoms with Gasteiger partial charge in [-0.1, -0.05) is 13.0 Å². The second-order valence-corrected chi connectivity index (χ2v) is 5.57. The fourth-order valence-electron chi connectivity index (χ4n) is 2.48. The largest absolute Gasteiger partial charge is 0.478 e. The molecule has 19 heavy (non-hydrogen) atoms. The molecule has 1 N–H and O–H groups in total. The van der Waals surface area contributed by atoms with Gasteiger partial charge < -0.3 is 10.0 Å². The summed E-state index contributed by atoms with van der Waals surface area (Å²) in [5.41, 5.74) is 3.34. The van der Waals surface area contributed by atoms with Gasteiger partial charge in [-0.2, -0.15) is 0 Å². The molecule has 3 nitrogen and oxygen atoms in total. The maximum atomic E-state index is 10.5. The molecule has 0 aromatic heterocycles. The fraction of sp³-hybridized carbons (Fsp3) is 0.438. The summed E-state index contributed by atoms with van der Waals surface area (Å²) in [7, 11) is 2.13. The van der Waals surface area contributed by atoms with Gasteiger partial charge in [-0.3, -0.25) is 0 Å². The lowest BCUT2D eigenvalue weighted by atomic mass is 10.1. The van der Waals surface area contributed by atoms with Crippen LogP contribution in [-0.4, -0.2) is 24.7 Å². The average molecular weight is 259 g/mol. The highest BCUT2D eigenvalue weighted by atomic mass is 16.4. The number of aryl methyl sites for hydroxylation is 1. The van der Waals surface area contributed by atoms with Crippen molar-refractivity contribution in [2.45, 2.75) is 20.3 Å². The number of hydrogen-bond donors (Lipinski definition) is 1. The third kappa shape index (κ3) is 3.60. The van der Waals surface area contributed by atoms with Crippen LogP contribution in [-0.2, 0) is 4.79 Å². The van der Waals surface area contributed by atoms with Gasteiger partial charge in [0.2, 0.25) is 0 Å². The predicted octanol–water partition coefficient (Wildman–Crippen LogP) is 3.19. The predicted molar refractivity (Wildman–Crippen MR) is 78.4 cm³/mol. The number of anilines is 1. The number of carbonyl (C=O) groups is 1. The van der Waals surface area contributed by atoms with E-state index in [2.05, 4.69) is 31.9 Å². The van der Waals surface area contributed by atoms with Crippen LogP contribution in [0.4, 0.5) is 5.69 Å². The SMILES string of the molecule is Cc1cc(C=CC(=O)O)ccc1N(C)CC1CC1C. The van der Waals surface area contributed by atoms with Crippen molar-refractivity contribution in [2.24, 2.45) is 11.8 Å². The zero-order valence-corrected chi connectivity index (χ0v) is 11.8. The molecular formula is C16H21NO2. The molecule has 0 amide bonds. The molecule has 1 saturated carbocycles. The molecule has 0 radical (unpaired) electrons. The van der Waals surface area contributed by atoms with Gasteiger partial charge in [-0.05, 0) is 54.5 Å². The zero-order chi connectivity index (χ0) is 14.0. The normalized spacial score (nSPS) is 21.6. The van der Waals surface area contributed by atoms with Crippen molar-refractivity contribution in [3.63, 3.8) is 0 Å².